The zero-order chi connectivity index (χ0) is 12.4. The van der Waals surface area contributed by atoms with E-state index in [9.17, 15) is 0 Å². The van der Waals surface area contributed by atoms with E-state index < -0.39 is 0 Å². The molecule has 18 heavy (non-hydrogen) atoms. The van der Waals surface area contributed by atoms with Gasteiger partial charge in [-0.05, 0) is 37.1 Å². The third-order valence-electron chi connectivity index (χ3n) is 4.01. The maximum atomic E-state index is 6.54. The quantitative estimate of drug-likeness (QED) is 0.888. The molecule has 2 aliphatic rings. The first-order valence-corrected chi connectivity index (χ1v) is 7.76. The van der Waals surface area contributed by atoms with Crippen LogP contribution in [0.1, 0.15) is 30.6 Å². The number of hydrogen-bond acceptors (Lipinski definition) is 4. The molecule has 2 heterocycles. The van der Waals surface area contributed by atoms with E-state index in [1.165, 1.54) is 17.7 Å². The van der Waals surface area contributed by atoms with Gasteiger partial charge in [0.2, 0.25) is 0 Å². The van der Waals surface area contributed by atoms with Gasteiger partial charge < -0.3 is 10.5 Å². The van der Waals surface area contributed by atoms with Gasteiger partial charge in [-0.2, -0.15) is 0 Å². The summed E-state index contributed by atoms with van der Waals surface area (Å²) in [5.74, 6) is 0. The normalized spacial score (nSPS) is 23.4. The number of ether oxygens (including phenoxy) is 1. The highest BCUT2D eigenvalue weighted by molar-refractivity contribution is 7.09. The fourth-order valence-corrected chi connectivity index (χ4v) is 3.43. The van der Waals surface area contributed by atoms with E-state index in [-0.39, 0.29) is 5.54 Å². The SMILES string of the molecule is NC1(CN(Cc2cccs2)C2CC2)CCOCC1. The molecule has 0 aromatic carbocycles. The molecule has 0 radical (unpaired) electrons. The maximum absolute atomic E-state index is 6.54. The van der Waals surface area contributed by atoms with Crippen LogP contribution in [0.25, 0.3) is 0 Å². The minimum Gasteiger partial charge on any atom is -0.381 e. The van der Waals surface area contributed by atoms with Crippen LogP contribution in [0, 0.1) is 0 Å². The highest BCUT2D eigenvalue weighted by atomic mass is 32.1. The molecule has 1 aliphatic heterocycles. The predicted molar refractivity (Wildman–Crippen MR) is 74.7 cm³/mol. The van der Waals surface area contributed by atoms with Crippen molar-refractivity contribution in [3.8, 4) is 0 Å². The van der Waals surface area contributed by atoms with E-state index in [4.69, 9.17) is 10.5 Å². The second kappa shape index (κ2) is 5.29. The molecule has 0 bridgehead atoms. The number of nitrogens with zero attached hydrogens (tertiary/aromatic N) is 1. The lowest BCUT2D eigenvalue weighted by Gasteiger charge is -2.38. The van der Waals surface area contributed by atoms with Gasteiger partial charge in [-0.15, -0.1) is 11.3 Å². The Balaban J connectivity index is 1.62. The maximum Gasteiger partial charge on any atom is 0.0484 e. The van der Waals surface area contributed by atoms with E-state index in [1.54, 1.807) is 0 Å². The largest absolute Gasteiger partial charge is 0.381 e. The van der Waals surface area contributed by atoms with Crippen molar-refractivity contribution in [1.82, 2.24) is 4.90 Å². The Morgan fingerprint density at radius 1 is 1.39 bits per heavy atom. The minimum absolute atomic E-state index is 0.0297. The van der Waals surface area contributed by atoms with E-state index in [0.717, 1.165) is 45.2 Å². The van der Waals surface area contributed by atoms with Crippen molar-refractivity contribution in [1.29, 1.82) is 0 Å². The summed E-state index contributed by atoms with van der Waals surface area (Å²) < 4.78 is 5.43. The average molecular weight is 266 g/mol. The van der Waals surface area contributed by atoms with Crippen molar-refractivity contribution in [2.45, 2.75) is 43.8 Å². The summed E-state index contributed by atoms with van der Waals surface area (Å²) in [6, 6.07) is 5.14. The van der Waals surface area contributed by atoms with E-state index >= 15 is 0 Å². The minimum atomic E-state index is -0.0297. The summed E-state index contributed by atoms with van der Waals surface area (Å²) in [5, 5.41) is 2.16. The van der Waals surface area contributed by atoms with E-state index in [0.29, 0.717) is 0 Å². The highest BCUT2D eigenvalue weighted by Gasteiger charge is 2.36. The van der Waals surface area contributed by atoms with Gasteiger partial charge in [-0.1, -0.05) is 6.07 Å². The zero-order valence-electron chi connectivity index (χ0n) is 10.8. The van der Waals surface area contributed by atoms with Gasteiger partial charge in [0.25, 0.3) is 0 Å². The number of nitrogens with two attached hydrogens (primary N) is 1. The second-order valence-corrected chi connectivity index (χ2v) is 6.72. The third-order valence-corrected chi connectivity index (χ3v) is 4.87. The molecule has 0 spiro atoms. The molecule has 3 rings (SSSR count). The molecule has 1 aromatic heterocycles. The molecule has 0 unspecified atom stereocenters. The zero-order valence-corrected chi connectivity index (χ0v) is 11.6. The van der Waals surface area contributed by atoms with Gasteiger partial charge in [0, 0.05) is 42.8 Å². The Morgan fingerprint density at radius 2 is 2.17 bits per heavy atom. The molecule has 1 aliphatic carbocycles. The first kappa shape index (κ1) is 12.6. The van der Waals surface area contributed by atoms with Crippen LogP contribution in [0.2, 0.25) is 0 Å². The summed E-state index contributed by atoms with van der Waals surface area (Å²) in [4.78, 5) is 4.05. The topological polar surface area (TPSA) is 38.5 Å². The first-order valence-electron chi connectivity index (χ1n) is 6.88. The van der Waals surface area contributed by atoms with E-state index in [1.807, 2.05) is 11.3 Å². The van der Waals surface area contributed by atoms with Crippen molar-refractivity contribution in [2.24, 2.45) is 5.73 Å². The molecule has 3 nitrogen and oxygen atoms in total. The van der Waals surface area contributed by atoms with Gasteiger partial charge in [-0.25, -0.2) is 0 Å². The van der Waals surface area contributed by atoms with Gasteiger partial charge in [-0.3, -0.25) is 4.90 Å². The number of rotatable bonds is 5. The number of thiophene rings is 1. The third kappa shape index (κ3) is 3.12. The Bertz CT molecular complexity index is 369. The summed E-state index contributed by atoms with van der Waals surface area (Å²) >= 11 is 1.85. The highest BCUT2D eigenvalue weighted by Crippen LogP contribution is 2.32. The van der Waals surface area contributed by atoms with Crippen molar-refractivity contribution in [3.05, 3.63) is 22.4 Å². The molecular formula is C14H22N2OS. The summed E-state index contributed by atoms with van der Waals surface area (Å²) in [6.45, 7) is 3.75. The van der Waals surface area contributed by atoms with Gasteiger partial charge in [0.15, 0.2) is 0 Å². The average Bonchev–Trinajstić information content (AvgIpc) is 3.09. The fraction of sp³-hybridized carbons (Fsp3) is 0.714. The molecule has 1 saturated carbocycles. The van der Waals surface area contributed by atoms with Crippen molar-refractivity contribution >= 4 is 11.3 Å². The standard InChI is InChI=1S/C14H22N2OS/c15-14(5-7-17-8-6-14)11-16(12-3-4-12)10-13-2-1-9-18-13/h1-2,9,12H,3-8,10-11,15H2. The molecule has 1 saturated heterocycles. The lowest BCUT2D eigenvalue weighted by molar-refractivity contribution is 0.0352. The van der Waals surface area contributed by atoms with Crippen LogP contribution in [0.4, 0.5) is 0 Å². The molecule has 100 valence electrons. The van der Waals surface area contributed by atoms with Crippen LogP contribution in [0.3, 0.4) is 0 Å². The molecule has 0 atom stereocenters. The summed E-state index contributed by atoms with van der Waals surface area (Å²) in [6.07, 6.45) is 4.69. The van der Waals surface area contributed by atoms with Gasteiger partial charge in [0.1, 0.15) is 0 Å². The predicted octanol–water partition coefficient (Wildman–Crippen LogP) is 2.22. The van der Waals surface area contributed by atoms with Crippen LogP contribution in [-0.4, -0.2) is 36.2 Å². The Morgan fingerprint density at radius 3 is 2.78 bits per heavy atom. The molecule has 2 fully saturated rings. The Kier molecular flexibility index (Phi) is 3.71. The van der Waals surface area contributed by atoms with Crippen molar-refractivity contribution in [3.63, 3.8) is 0 Å². The fourth-order valence-electron chi connectivity index (χ4n) is 2.70. The second-order valence-electron chi connectivity index (χ2n) is 5.69. The van der Waals surface area contributed by atoms with Crippen molar-refractivity contribution < 1.29 is 4.74 Å². The lowest BCUT2D eigenvalue weighted by Crippen LogP contribution is -2.53. The molecule has 2 N–H and O–H groups in total. The molecular weight excluding hydrogens is 244 g/mol. The molecule has 0 amide bonds. The van der Waals surface area contributed by atoms with Crippen molar-refractivity contribution in [2.75, 3.05) is 19.8 Å². The van der Waals surface area contributed by atoms with Crippen LogP contribution >= 0.6 is 11.3 Å². The van der Waals surface area contributed by atoms with E-state index in [2.05, 4.69) is 22.4 Å². The van der Waals surface area contributed by atoms with Gasteiger partial charge in [0.05, 0.1) is 0 Å². The molecule has 4 heteroatoms. The molecule has 1 aromatic rings. The Hall–Kier alpha value is -0.420. The smallest absolute Gasteiger partial charge is 0.0484 e. The first-order chi connectivity index (χ1) is 8.75. The summed E-state index contributed by atoms with van der Waals surface area (Å²) in [5.41, 5.74) is 6.51. The van der Waals surface area contributed by atoms with Crippen LogP contribution in [0.15, 0.2) is 17.5 Å². The number of hydrogen-bond donors (Lipinski definition) is 1. The van der Waals surface area contributed by atoms with Crippen LogP contribution in [0.5, 0.6) is 0 Å². The van der Waals surface area contributed by atoms with Gasteiger partial charge >= 0.3 is 0 Å². The van der Waals surface area contributed by atoms with Crippen LogP contribution < -0.4 is 5.73 Å². The lowest BCUT2D eigenvalue weighted by atomic mass is 9.90. The summed E-state index contributed by atoms with van der Waals surface area (Å²) in [7, 11) is 0. The Labute approximate surface area is 113 Å². The van der Waals surface area contributed by atoms with Crippen LogP contribution in [-0.2, 0) is 11.3 Å². The monoisotopic (exact) mass is 266 g/mol.